The Morgan fingerprint density at radius 1 is 1.33 bits per heavy atom. The van der Waals surface area contributed by atoms with Gasteiger partial charge in [0.1, 0.15) is 0 Å². The van der Waals surface area contributed by atoms with Crippen LogP contribution in [0.5, 0.6) is 0 Å². The molecule has 8 nitrogen and oxygen atoms in total. The molecule has 1 atom stereocenters. The second-order valence-corrected chi connectivity index (χ2v) is 6.18. The number of benzene rings is 1. The van der Waals surface area contributed by atoms with Crippen LogP contribution in [0.1, 0.15) is 31.3 Å². The third-order valence-corrected chi connectivity index (χ3v) is 4.55. The van der Waals surface area contributed by atoms with E-state index in [1.54, 1.807) is 25.1 Å². The van der Waals surface area contributed by atoms with Crippen LogP contribution in [0.3, 0.4) is 0 Å². The molecule has 0 radical (unpaired) electrons. The van der Waals surface area contributed by atoms with Gasteiger partial charge in [-0.05, 0) is 25.1 Å². The molecule has 9 heteroatoms. The minimum Gasteiger partial charge on any atom is -0.313 e. The van der Waals surface area contributed by atoms with E-state index in [-0.39, 0.29) is 4.90 Å². The molecule has 2 rings (SSSR count). The lowest BCUT2D eigenvalue weighted by Gasteiger charge is -2.14. The Balaban J connectivity index is 2.23. The molecule has 1 aromatic carbocycles. The lowest BCUT2D eigenvalue weighted by Crippen LogP contribution is -2.29. The second kappa shape index (κ2) is 6.74. The molecule has 114 valence electrons. The monoisotopic (exact) mass is 310 g/mol. The van der Waals surface area contributed by atoms with Gasteiger partial charge in [-0.3, -0.25) is 0 Å². The number of tetrazole rings is 1. The summed E-state index contributed by atoms with van der Waals surface area (Å²) in [5, 5.41) is 16.4. The molecule has 0 aliphatic heterocycles. The quantitative estimate of drug-likeness (QED) is 0.680. The van der Waals surface area contributed by atoms with Gasteiger partial charge in [0.2, 0.25) is 10.0 Å². The van der Waals surface area contributed by atoms with Crippen molar-refractivity contribution in [1.82, 2.24) is 30.7 Å². The van der Waals surface area contributed by atoms with Gasteiger partial charge in [-0.1, -0.05) is 30.3 Å². The van der Waals surface area contributed by atoms with E-state index in [4.69, 9.17) is 0 Å². The van der Waals surface area contributed by atoms with Gasteiger partial charge in [-0.25, -0.2) is 13.1 Å². The van der Waals surface area contributed by atoms with Crippen molar-refractivity contribution in [2.24, 2.45) is 0 Å². The van der Waals surface area contributed by atoms with E-state index in [0.29, 0.717) is 17.9 Å². The summed E-state index contributed by atoms with van der Waals surface area (Å²) in [6.45, 7) is 4.88. The highest BCUT2D eigenvalue weighted by Gasteiger charge is 2.22. The van der Waals surface area contributed by atoms with E-state index in [1.807, 2.05) is 13.0 Å². The molecule has 3 N–H and O–H groups in total. The number of aromatic nitrogens is 4. The highest BCUT2D eigenvalue weighted by Crippen LogP contribution is 2.18. The topological polar surface area (TPSA) is 113 Å². The van der Waals surface area contributed by atoms with Crippen LogP contribution in [-0.2, 0) is 16.6 Å². The summed E-state index contributed by atoms with van der Waals surface area (Å²) >= 11 is 0. The van der Waals surface area contributed by atoms with E-state index < -0.39 is 16.1 Å². The van der Waals surface area contributed by atoms with E-state index in [0.717, 1.165) is 6.54 Å². The van der Waals surface area contributed by atoms with Gasteiger partial charge in [0.05, 0.1) is 10.9 Å². The second-order valence-electron chi connectivity index (χ2n) is 4.50. The molecular weight excluding hydrogens is 292 g/mol. The van der Waals surface area contributed by atoms with Crippen LogP contribution >= 0.6 is 0 Å². The van der Waals surface area contributed by atoms with E-state index in [9.17, 15) is 8.42 Å². The minimum atomic E-state index is -3.66. The molecule has 0 bridgehead atoms. The highest BCUT2D eigenvalue weighted by atomic mass is 32.2. The van der Waals surface area contributed by atoms with Crippen molar-refractivity contribution in [2.45, 2.75) is 31.3 Å². The summed E-state index contributed by atoms with van der Waals surface area (Å²) in [5.74, 6) is 0.294. The van der Waals surface area contributed by atoms with E-state index >= 15 is 0 Å². The summed E-state index contributed by atoms with van der Waals surface area (Å²) in [6.07, 6.45) is 0. The van der Waals surface area contributed by atoms with Gasteiger partial charge in [0, 0.05) is 6.54 Å². The first kappa shape index (κ1) is 15.5. The first-order chi connectivity index (χ1) is 10.0. The Morgan fingerprint density at radius 2 is 2.10 bits per heavy atom. The number of H-pyrrole nitrogens is 1. The molecule has 0 amide bonds. The van der Waals surface area contributed by atoms with Gasteiger partial charge >= 0.3 is 0 Å². The first-order valence-corrected chi connectivity index (χ1v) is 8.07. The molecule has 0 fully saturated rings. The molecule has 1 aromatic heterocycles. The van der Waals surface area contributed by atoms with Gasteiger partial charge in [-0.15, -0.1) is 10.2 Å². The number of nitrogens with zero attached hydrogens (tertiary/aromatic N) is 3. The zero-order valence-electron chi connectivity index (χ0n) is 11.9. The first-order valence-electron chi connectivity index (χ1n) is 6.59. The van der Waals surface area contributed by atoms with Crippen molar-refractivity contribution in [3.05, 3.63) is 35.7 Å². The number of sulfonamides is 1. The summed E-state index contributed by atoms with van der Waals surface area (Å²) in [5.41, 5.74) is 0.715. The third kappa shape index (κ3) is 3.84. The average molecular weight is 310 g/mol. The molecule has 0 spiro atoms. The maximum Gasteiger partial charge on any atom is 0.241 e. The van der Waals surface area contributed by atoms with Gasteiger partial charge in [-0.2, -0.15) is 5.21 Å². The highest BCUT2D eigenvalue weighted by molar-refractivity contribution is 7.89. The number of rotatable bonds is 7. The number of nitrogens with one attached hydrogen (secondary N) is 3. The largest absolute Gasteiger partial charge is 0.313 e. The summed E-state index contributed by atoms with van der Waals surface area (Å²) in [7, 11) is -3.66. The molecule has 0 saturated heterocycles. The standard InChI is InChI=1S/C12H18N6O2S/c1-3-13-8-10-6-4-5-7-11(10)21(19,20)16-9(2)12-14-17-18-15-12/h4-7,9,13,16H,3,8H2,1-2H3,(H,14,15,17,18). The maximum absolute atomic E-state index is 12.5. The molecule has 1 heterocycles. The third-order valence-electron chi connectivity index (χ3n) is 2.91. The van der Waals surface area contributed by atoms with Crippen molar-refractivity contribution in [3.8, 4) is 0 Å². The smallest absolute Gasteiger partial charge is 0.241 e. The summed E-state index contributed by atoms with van der Waals surface area (Å²) in [6, 6.07) is 6.31. The van der Waals surface area contributed by atoms with Crippen LogP contribution in [0, 0.1) is 0 Å². The Kier molecular flexibility index (Phi) is 4.99. The lowest BCUT2D eigenvalue weighted by atomic mass is 10.2. The fraction of sp³-hybridized carbons (Fsp3) is 0.417. The zero-order chi connectivity index (χ0) is 15.3. The van der Waals surface area contributed by atoms with Crippen LogP contribution < -0.4 is 10.0 Å². The van der Waals surface area contributed by atoms with Crippen LogP contribution in [0.25, 0.3) is 0 Å². The lowest BCUT2D eigenvalue weighted by molar-refractivity contribution is 0.558. The van der Waals surface area contributed by atoms with Crippen LogP contribution in [0.2, 0.25) is 0 Å². The molecule has 21 heavy (non-hydrogen) atoms. The van der Waals surface area contributed by atoms with Gasteiger partial charge in [0.25, 0.3) is 0 Å². The van der Waals surface area contributed by atoms with E-state index in [2.05, 4.69) is 30.7 Å². The van der Waals surface area contributed by atoms with Gasteiger partial charge < -0.3 is 5.32 Å². The van der Waals surface area contributed by atoms with Crippen molar-refractivity contribution in [1.29, 1.82) is 0 Å². The minimum absolute atomic E-state index is 0.251. The molecular formula is C12H18N6O2S. The normalized spacial score (nSPS) is 13.2. The van der Waals surface area contributed by atoms with Crippen molar-refractivity contribution < 1.29 is 8.42 Å². The van der Waals surface area contributed by atoms with Gasteiger partial charge in [0.15, 0.2) is 5.82 Å². The Bertz CT molecular complexity index is 671. The summed E-state index contributed by atoms with van der Waals surface area (Å²) in [4.78, 5) is 0.251. The van der Waals surface area contributed by atoms with Crippen molar-refractivity contribution in [2.75, 3.05) is 6.54 Å². The number of hydrogen-bond donors (Lipinski definition) is 3. The SMILES string of the molecule is CCNCc1ccccc1S(=O)(=O)NC(C)c1nn[nH]n1. The number of hydrogen-bond acceptors (Lipinski definition) is 6. The molecule has 0 aliphatic rings. The summed E-state index contributed by atoms with van der Waals surface area (Å²) < 4.78 is 27.5. The van der Waals surface area contributed by atoms with Crippen molar-refractivity contribution in [3.63, 3.8) is 0 Å². The Hall–Kier alpha value is -1.84. The van der Waals surface area contributed by atoms with Crippen molar-refractivity contribution >= 4 is 10.0 Å². The number of aromatic amines is 1. The molecule has 0 saturated carbocycles. The van der Waals surface area contributed by atoms with E-state index in [1.165, 1.54) is 0 Å². The fourth-order valence-electron chi connectivity index (χ4n) is 1.87. The van der Waals surface area contributed by atoms with Crippen LogP contribution in [-0.4, -0.2) is 35.6 Å². The fourth-order valence-corrected chi connectivity index (χ4v) is 3.31. The molecule has 0 aliphatic carbocycles. The Labute approximate surface area is 123 Å². The predicted octanol–water partition coefficient (Wildman–Crippen LogP) is 0.349. The molecule has 1 unspecified atom stereocenters. The average Bonchev–Trinajstić information content (AvgIpc) is 2.99. The molecule has 2 aromatic rings. The Morgan fingerprint density at radius 3 is 2.76 bits per heavy atom. The van der Waals surface area contributed by atoms with Crippen LogP contribution in [0.15, 0.2) is 29.2 Å². The zero-order valence-corrected chi connectivity index (χ0v) is 12.7. The maximum atomic E-state index is 12.5. The predicted molar refractivity (Wildman–Crippen MR) is 76.7 cm³/mol. The van der Waals surface area contributed by atoms with Crippen LogP contribution in [0.4, 0.5) is 0 Å².